The Hall–Kier alpha value is -2.37. The molecule has 0 aliphatic carbocycles. The predicted octanol–water partition coefficient (Wildman–Crippen LogP) is 1.69. The second kappa shape index (κ2) is 6.88. The average molecular weight is 291 g/mol. The molecule has 1 amide bonds. The highest BCUT2D eigenvalue weighted by Crippen LogP contribution is 2.19. The number of hydrogen-bond acceptors (Lipinski definition) is 4. The zero-order chi connectivity index (χ0) is 15.2. The lowest BCUT2D eigenvalue weighted by atomic mass is 9.93. The Bertz CT molecular complexity index is 520. The van der Waals surface area contributed by atoms with Crippen LogP contribution in [0.25, 0.3) is 0 Å². The molecule has 21 heavy (non-hydrogen) atoms. The summed E-state index contributed by atoms with van der Waals surface area (Å²) in [5, 5.41) is 8.66. The van der Waals surface area contributed by atoms with Crippen molar-refractivity contribution in [2.75, 3.05) is 13.1 Å². The maximum atomic E-state index is 11.9. The van der Waals surface area contributed by atoms with Gasteiger partial charge in [0, 0.05) is 19.0 Å². The maximum absolute atomic E-state index is 11.9. The molecule has 0 aromatic heterocycles. The zero-order valence-electron chi connectivity index (χ0n) is 11.5. The van der Waals surface area contributed by atoms with Crippen LogP contribution in [0.5, 0.6) is 0 Å². The fourth-order valence-corrected chi connectivity index (χ4v) is 2.31. The Morgan fingerprint density at radius 2 is 1.76 bits per heavy atom. The highest BCUT2D eigenvalue weighted by molar-refractivity contribution is 6.33. The number of carboxylic acids is 1. The van der Waals surface area contributed by atoms with E-state index in [1.54, 1.807) is 0 Å². The Morgan fingerprint density at radius 3 is 2.33 bits per heavy atom. The minimum absolute atomic E-state index is 0.202. The third-order valence-corrected chi connectivity index (χ3v) is 3.54. The molecule has 1 aliphatic rings. The summed E-state index contributed by atoms with van der Waals surface area (Å²) in [6.07, 6.45) is 0.303. The number of rotatable bonds is 4. The van der Waals surface area contributed by atoms with Crippen molar-refractivity contribution in [1.82, 2.24) is 4.90 Å². The number of carbonyl (C=O) groups excluding carboxylic acids is 2. The topological polar surface area (TPSA) is 83.9 Å². The van der Waals surface area contributed by atoms with Crippen LogP contribution in [0.4, 0.5) is 4.79 Å². The molecule has 0 radical (unpaired) electrons. The lowest BCUT2D eigenvalue weighted by Gasteiger charge is -2.29. The Balaban J connectivity index is 1.78. The lowest BCUT2D eigenvalue weighted by molar-refractivity contribution is -0.151. The molecule has 1 aromatic rings. The van der Waals surface area contributed by atoms with Crippen LogP contribution in [0.3, 0.4) is 0 Å². The summed E-state index contributed by atoms with van der Waals surface area (Å²) < 4.78 is 5.20. The Kier molecular flexibility index (Phi) is 4.92. The first-order valence-electron chi connectivity index (χ1n) is 6.80. The Labute approximate surface area is 122 Å². The molecule has 0 spiro atoms. The quantitative estimate of drug-likeness (QED) is 0.853. The van der Waals surface area contributed by atoms with Crippen LogP contribution in [0.2, 0.25) is 0 Å². The number of likely N-dealkylation sites (tertiary alicyclic amines) is 1. The molecule has 0 saturated carbocycles. The van der Waals surface area contributed by atoms with Gasteiger partial charge >= 0.3 is 12.1 Å². The van der Waals surface area contributed by atoms with Gasteiger partial charge in [-0.3, -0.25) is 4.79 Å². The number of ether oxygens (including phenoxy) is 1. The number of aliphatic carboxylic acids is 1. The van der Waals surface area contributed by atoms with E-state index in [1.807, 2.05) is 30.3 Å². The van der Waals surface area contributed by atoms with Gasteiger partial charge in [-0.25, -0.2) is 9.59 Å². The van der Waals surface area contributed by atoms with Crippen LogP contribution in [0.1, 0.15) is 18.4 Å². The van der Waals surface area contributed by atoms with Crippen molar-refractivity contribution in [1.29, 1.82) is 0 Å². The standard InChI is InChI=1S/C15H17NO5/c17-13(14(18)19)12-6-8-16(9-7-12)15(20)21-10-11-4-2-1-3-5-11/h1-5,12H,6-10H2,(H,18,19). The summed E-state index contributed by atoms with van der Waals surface area (Å²) in [6.45, 7) is 0.891. The number of carboxylic acid groups (broad SMARTS) is 1. The molecule has 1 saturated heterocycles. The van der Waals surface area contributed by atoms with E-state index < -0.39 is 23.8 Å². The van der Waals surface area contributed by atoms with Gasteiger partial charge in [0.25, 0.3) is 0 Å². The minimum Gasteiger partial charge on any atom is -0.475 e. The van der Waals surface area contributed by atoms with Crippen LogP contribution in [0, 0.1) is 5.92 Å². The van der Waals surface area contributed by atoms with Gasteiger partial charge < -0.3 is 14.7 Å². The second-order valence-electron chi connectivity index (χ2n) is 4.97. The number of ketones is 1. The third kappa shape index (κ3) is 4.05. The third-order valence-electron chi connectivity index (χ3n) is 3.54. The number of piperidine rings is 1. The number of nitrogens with zero attached hydrogens (tertiary/aromatic N) is 1. The molecule has 1 heterocycles. The second-order valence-corrected chi connectivity index (χ2v) is 4.97. The minimum atomic E-state index is -1.40. The van der Waals surface area contributed by atoms with Crippen LogP contribution < -0.4 is 0 Å². The highest BCUT2D eigenvalue weighted by atomic mass is 16.6. The van der Waals surface area contributed by atoms with E-state index >= 15 is 0 Å². The van der Waals surface area contributed by atoms with Crippen molar-refractivity contribution in [3.63, 3.8) is 0 Å². The van der Waals surface area contributed by atoms with Gasteiger partial charge in [-0.05, 0) is 18.4 Å². The number of hydrogen-bond donors (Lipinski definition) is 1. The molecule has 1 aliphatic heterocycles. The smallest absolute Gasteiger partial charge is 0.410 e. The zero-order valence-corrected chi connectivity index (χ0v) is 11.5. The molecular weight excluding hydrogens is 274 g/mol. The maximum Gasteiger partial charge on any atom is 0.410 e. The summed E-state index contributed by atoms with van der Waals surface area (Å²) in [4.78, 5) is 35.4. The number of Topliss-reactive ketones (excluding diaryl/α,β-unsaturated/α-hetero) is 1. The van der Waals surface area contributed by atoms with Gasteiger partial charge in [0.1, 0.15) is 6.61 Å². The fourth-order valence-electron chi connectivity index (χ4n) is 2.31. The van der Waals surface area contributed by atoms with Crippen molar-refractivity contribution in [3.8, 4) is 0 Å². The van der Waals surface area contributed by atoms with Gasteiger partial charge in [0.15, 0.2) is 0 Å². The van der Waals surface area contributed by atoms with Crippen LogP contribution >= 0.6 is 0 Å². The molecular formula is C15H17NO5. The van der Waals surface area contributed by atoms with E-state index in [2.05, 4.69) is 0 Å². The molecule has 0 unspecified atom stereocenters. The predicted molar refractivity (Wildman–Crippen MR) is 73.6 cm³/mol. The Morgan fingerprint density at radius 1 is 1.14 bits per heavy atom. The highest BCUT2D eigenvalue weighted by Gasteiger charge is 2.31. The van der Waals surface area contributed by atoms with Crippen molar-refractivity contribution >= 4 is 17.8 Å². The van der Waals surface area contributed by atoms with Gasteiger partial charge in [0.05, 0.1) is 0 Å². The average Bonchev–Trinajstić information content (AvgIpc) is 2.53. The van der Waals surface area contributed by atoms with Gasteiger partial charge in [-0.15, -0.1) is 0 Å². The number of amides is 1. The van der Waals surface area contributed by atoms with Gasteiger partial charge in [-0.2, -0.15) is 0 Å². The summed E-state index contributed by atoms with van der Waals surface area (Å²) in [7, 11) is 0. The first kappa shape index (κ1) is 15.0. The van der Waals surface area contributed by atoms with E-state index in [1.165, 1.54) is 4.90 Å². The lowest BCUT2D eigenvalue weighted by Crippen LogP contribution is -2.41. The molecule has 112 valence electrons. The first-order chi connectivity index (χ1) is 10.1. The SMILES string of the molecule is O=C(O)C(=O)C1CCN(C(=O)OCc2ccccc2)CC1. The van der Waals surface area contributed by atoms with Crippen LogP contribution in [0.15, 0.2) is 30.3 Å². The van der Waals surface area contributed by atoms with Crippen molar-refractivity contribution in [2.24, 2.45) is 5.92 Å². The fraction of sp³-hybridized carbons (Fsp3) is 0.400. The summed E-state index contributed by atoms with van der Waals surface area (Å²) in [6, 6.07) is 9.35. The van der Waals surface area contributed by atoms with E-state index in [9.17, 15) is 14.4 Å². The normalized spacial score (nSPS) is 15.5. The van der Waals surface area contributed by atoms with Gasteiger partial charge in [-0.1, -0.05) is 30.3 Å². The van der Waals surface area contributed by atoms with Crippen molar-refractivity contribution < 1.29 is 24.2 Å². The molecule has 1 fully saturated rings. The van der Waals surface area contributed by atoms with Crippen molar-refractivity contribution in [3.05, 3.63) is 35.9 Å². The molecule has 2 rings (SSSR count). The van der Waals surface area contributed by atoms with Crippen LogP contribution in [-0.4, -0.2) is 40.9 Å². The van der Waals surface area contributed by atoms with E-state index in [0.717, 1.165) is 5.56 Å². The molecule has 1 aromatic carbocycles. The van der Waals surface area contributed by atoms with Gasteiger partial charge in [0.2, 0.25) is 5.78 Å². The molecule has 0 bridgehead atoms. The van der Waals surface area contributed by atoms with Crippen LogP contribution in [-0.2, 0) is 20.9 Å². The molecule has 0 atom stereocenters. The molecule has 6 nitrogen and oxygen atoms in total. The van der Waals surface area contributed by atoms with E-state index in [0.29, 0.717) is 25.9 Å². The number of carbonyl (C=O) groups is 3. The first-order valence-corrected chi connectivity index (χ1v) is 6.80. The van der Waals surface area contributed by atoms with E-state index in [-0.39, 0.29) is 6.61 Å². The summed E-state index contributed by atoms with van der Waals surface area (Å²) in [5.74, 6) is -2.67. The molecule has 1 N–H and O–H groups in total. The summed E-state index contributed by atoms with van der Waals surface area (Å²) >= 11 is 0. The largest absolute Gasteiger partial charge is 0.475 e. The number of benzene rings is 1. The van der Waals surface area contributed by atoms with Crippen molar-refractivity contribution in [2.45, 2.75) is 19.4 Å². The van der Waals surface area contributed by atoms with E-state index in [4.69, 9.17) is 9.84 Å². The molecule has 6 heteroatoms. The monoisotopic (exact) mass is 291 g/mol. The summed E-state index contributed by atoms with van der Waals surface area (Å²) in [5.41, 5.74) is 0.904.